The zero-order chi connectivity index (χ0) is 8.97. The van der Waals surface area contributed by atoms with E-state index < -0.39 is 0 Å². The smallest absolute Gasteiger partial charge is 0.0962 e. The lowest BCUT2D eigenvalue weighted by Crippen LogP contribution is -2.07. The minimum absolute atomic E-state index is 0.473. The van der Waals surface area contributed by atoms with Crippen LogP contribution in [0.2, 0.25) is 0 Å². The molecule has 0 saturated heterocycles. The molecule has 0 aliphatic heterocycles. The van der Waals surface area contributed by atoms with Crippen LogP contribution >= 0.6 is 0 Å². The Labute approximate surface area is 72.8 Å². The van der Waals surface area contributed by atoms with Crippen LogP contribution in [0.5, 0.6) is 0 Å². The number of nitrogens with two attached hydrogens (primary N) is 1. The Morgan fingerprint density at radius 1 is 1.67 bits per heavy atom. The van der Waals surface area contributed by atoms with Gasteiger partial charge in [-0.3, -0.25) is 4.68 Å². The standard InChI is InChI=1S/C8H16N4/c1-3-7(2)5-12-6-8(4-9)10-11-12/h6-7H,3-5,9H2,1-2H3. The van der Waals surface area contributed by atoms with Crippen LogP contribution in [-0.4, -0.2) is 15.0 Å². The maximum Gasteiger partial charge on any atom is 0.0962 e. The van der Waals surface area contributed by atoms with Gasteiger partial charge in [0.15, 0.2) is 0 Å². The van der Waals surface area contributed by atoms with Gasteiger partial charge in [0.1, 0.15) is 0 Å². The van der Waals surface area contributed by atoms with Crippen molar-refractivity contribution in [2.45, 2.75) is 33.4 Å². The zero-order valence-corrected chi connectivity index (χ0v) is 7.70. The van der Waals surface area contributed by atoms with Gasteiger partial charge in [0.2, 0.25) is 0 Å². The van der Waals surface area contributed by atoms with Crippen LogP contribution in [0.3, 0.4) is 0 Å². The molecule has 0 bridgehead atoms. The molecule has 68 valence electrons. The van der Waals surface area contributed by atoms with Crippen LogP contribution in [0, 0.1) is 5.92 Å². The molecule has 1 heterocycles. The second-order valence-corrected chi connectivity index (χ2v) is 3.15. The van der Waals surface area contributed by atoms with Crippen molar-refractivity contribution in [2.75, 3.05) is 0 Å². The maximum absolute atomic E-state index is 5.41. The van der Waals surface area contributed by atoms with Crippen LogP contribution in [-0.2, 0) is 13.1 Å². The highest BCUT2D eigenvalue weighted by molar-refractivity contribution is 4.90. The summed E-state index contributed by atoms with van der Waals surface area (Å²) in [6.07, 6.45) is 3.07. The van der Waals surface area contributed by atoms with E-state index >= 15 is 0 Å². The molecule has 1 unspecified atom stereocenters. The number of nitrogens with zero attached hydrogens (tertiary/aromatic N) is 3. The third-order valence-electron chi connectivity index (χ3n) is 1.99. The van der Waals surface area contributed by atoms with Crippen molar-refractivity contribution in [1.82, 2.24) is 15.0 Å². The lowest BCUT2D eigenvalue weighted by atomic mass is 10.1. The first-order valence-corrected chi connectivity index (χ1v) is 4.35. The predicted octanol–water partition coefficient (Wildman–Crippen LogP) is 0.783. The van der Waals surface area contributed by atoms with Crippen LogP contribution in [0.4, 0.5) is 0 Å². The SMILES string of the molecule is CCC(C)Cn1cc(CN)nn1. The summed E-state index contributed by atoms with van der Waals surface area (Å²) in [4.78, 5) is 0. The van der Waals surface area contributed by atoms with Gasteiger partial charge in [0.25, 0.3) is 0 Å². The summed E-state index contributed by atoms with van der Waals surface area (Å²) in [5.41, 5.74) is 6.27. The molecule has 1 atom stereocenters. The number of aromatic nitrogens is 3. The summed E-state index contributed by atoms with van der Waals surface area (Å²) in [5.74, 6) is 0.650. The molecule has 0 aliphatic carbocycles. The molecule has 0 fully saturated rings. The summed E-state index contributed by atoms with van der Waals surface area (Å²) < 4.78 is 1.86. The first-order valence-electron chi connectivity index (χ1n) is 4.35. The molecule has 0 aromatic carbocycles. The van der Waals surface area contributed by atoms with Crippen LogP contribution in [0.1, 0.15) is 26.0 Å². The van der Waals surface area contributed by atoms with Gasteiger partial charge in [-0.1, -0.05) is 25.5 Å². The number of rotatable bonds is 4. The quantitative estimate of drug-likeness (QED) is 0.723. The lowest BCUT2D eigenvalue weighted by Gasteiger charge is -2.06. The summed E-state index contributed by atoms with van der Waals surface area (Å²) in [6.45, 7) is 5.78. The van der Waals surface area contributed by atoms with Gasteiger partial charge in [0, 0.05) is 19.3 Å². The Kier molecular flexibility index (Phi) is 3.22. The van der Waals surface area contributed by atoms with Gasteiger partial charge >= 0.3 is 0 Å². The van der Waals surface area contributed by atoms with E-state index in [1.807, 2.05) is 10.9 Å². The second-order valence-electron chi connectivity index (χ2n) is 3.15. The summed E-state index contributed by atoms with van der Waals surface area (Å²) in [5, 5.41) is 7.87. The van der Waals surface area contributed by atoms with Gasteiger partial charge < -0.3 is 5.73 Å². The van der Waals surface area contributed by atoms with Crippen molar-refractivity contribution < 1.29 is 0 Å². The molecule has 4 heteroatoms. The minimum Gasteiger partial charge on any atom is -0.325 e. The third kappa shape index (κ3) is 2.30. The molecule has 1 rings (SSSR count). The van der Waals surface area contributed by atoms with Crippen molar-refractivity contribution >= 4 is 0 Å². The Hall–Kier alpha value is -0.900. The molecule has 1 aromatic rings. The Bertz CT molecular complexity index is 231. The molecule has 0 aliphatic rings. The average Bonchev–Trinajstić information content (AvgIpc) is 2.52. The molecule has 1 aromatic heterocycles. The van der Waals surface area contributed by atoms with Crippen molar-refractivity contribution in [3.63, 3.8) is 0 Å². The zero-order valence-electron chi connectivity index (χ0n) is 7.70. The highest BCUT2D eigenvalue weighted by atomic mass is 15.4. The van der Waals surface area contributed by atoms with E-state index in [-0.39, 0.29) is 0 Å². The van der Waals surface area contributed by atoms with E-state index in [9.17, 15) is 0 Å². The first-order chi connectivity index (χ1) is 5.76. The molecular formula is C8H16N4. The van der Waals surface area contributed by atoms with Crippen molar-refractivity contribution in [2.24, 2.45) is 11.7 Å². The average molecular weight is 168 g/mol. The molecule has 0 amide bonds. The fraction of sp³-hybridized carbons (Fsp3) is 0.750. The van der Waals surface area contributed by atoms with Gasteiger partial charge in [-0.15, -0.1) is 5.10 Å². The topological polar surface area (TPSA) is 56.7 Å². The predicted molar refractivity (Wildman–Crippen MR) is 47.4 cm³/mol. The molecule has 2 N–H and O–H groups in total. The van der Waals surface area contributed by atoms with Gasteiger partial charge in [-0.2, -0.15) is 0 Å². The fourth-order valence-electron chi connectivity index (χ4n) is 0.970. The van der Waals surface area contributed by atoms with Crippen molar-refractivity contribution in [3.8, 4) is 0 Å². The van der Waals surface area contributed by atoms with Crippen LogP contribution in [0.15, 0.2) is 6.20 Å². The largest absolute Gasteiger partial charge is 0.325 e. The number of hydrogen-bond acceptors (Lipinski definition) is 3. The molecule has 0 spiro atoms. The van der Waals surface area contributed by atoms with E-state index in [1.54, 1.807) is 0 Å². The van der Waals surface area contributed by atoms with Crippen LogP contribution < -0.4 is 5.73 Å². The fourth-order valence-corrected chi connectivity index (χ4v) is 0.970. The Morgan fingerprint density at radius 3 is 2.92 bits per heavy atom. The summed E-state index contributed by atoms with van der Waals surface area (Å²) in [7, 11) is 0. The third-order valence-corrected chi connectivity index (χ3v) is 1.99. The monoisotopic (exact) mass is 168 g/mol. The highest BCUT2D eigenvalue weighted by Gasteiger charge is 2.02. The summed E-state index contributed by atoms with van der Waals surface area (Å²) in [6, 6.07) is 0. The Morgan fingerprint density at radius 2 is 2.42 bits per heavy atom. The van der Waals surface area contributed by atoms with E-state index in [4.69, 9.17) is 5.73 Å². The van der Waals surface area contributed by atoms with Gasteiger partial charge in [-0.25, -0.2) is 0 Å². The lowest BCUT2D eigenvalue weighted by molar-refractivity contribution is 0.431. The number of hydrogen-bond donors (Lipinski definition) is 1. The highest BCUT2D eigenvalue weighted by Crippen LogP contribution is 2.03. The first kappa shape index (κ1) is 9.19. The normalized spacial score (nSPS) is 13.2. The molecule has 0 saturated carbocycles. The molecule has 0 radical (unpaired) electrons. The van der Waals surface area contributed by atoms with Crippen molar-refractivity contribution in [1.29, 1.82) is 0 Å². The summed E-state index contributed by atoms with van der Waals surface area (Å²) >= 11 is 0. The Balaban J connectivity index is 2.52. The van der Waals surface area contributed by atoms with E-state index in [1.165, 1.54) is 0 Å². The van der Waals surface area contributed by atoms with Crippen molar-refractivity contribution in [3.05, 3.63) is 11.9 Å². The van der Waals surface area contributed by atoms with Crippen LogP contribution in [0.25, 0.3) is 0 Å². The minimum atomic E-state index is 0.473. The van der Waals surface area contributed by atoms with E-state index in [0.717, 1.165) is 18.7 Å². The van der Waals surface area contributed by atoms with Gasteiger partial charge in [-0.05, 0) is 5.92 Å². The molecular weight excluding hydrogens is 152 g/mol. The maximum atomic E-state index is 5.41. The molecule has 12 heavy (non-hydrogen) atoms. The van der Waals surface area contributed by atoms with Gasteiger partial charge in [0.05, 0.1) is 5.69 Å². The van der Waals surface area contributed by atoms with E-state index in [0.29, 0.717) is 12.5 Å². The van der Waals surface area contributed by atoms with E-state index in [2.05, 4.69) is 24.2 Å². The second kappa shape index (κ2) is 4.21. The molecule has 4 nitrogen and oxygen atoms in total.